The van der Waals surface area contributed by atoms with E-state index in [9.17, 15) is 9.59 Å². The Hall–Kier alpha value is -2.56. The standard InChI is InChI=1S/C22H30N4O4/c1-21(2,12-23)13-30-19-8-18(24-20(28)25-19)29-11-17(27)26-22-9-14-3-5-16(22)6-4-15(7-14)10-22/h8,14-16H,3-7,9-11,13H2,1-2H3,(H,26,27)(H,24,25,28). The highest BCUT2D eigenvalue weighted by Gasteiger charge is 2.52. The van der Waals surface area contributed by atoms with Crippen LogP contribution in [0.1, 0.15) is 58.8 Å². The van der Waals surface area contributed by atoms with Crippen LogP contribution in [0, 0.1) is 34.5 Å². The van der Waals surface area contributed by atoms with E-state index in [4.69, 9.17) is 14.7 Å². The van der Waals surface area contributed by atoms with Crippen LogP contribution in [0.5, 0.6) is 11.8 Å². The van der Waals surface area contributed by atoms with Crippen molar-refractivity contribution in [2.45, 2.75) is 64.3 Å². The van der Waals surface area contributed by atoms with Gasteiger partial charge in [-0.2, -0.15) is 10.2 Å². The molecule has 0 radical (unpaired) electrons. The molecule has 3 aliphatic rings. The van der Waals surface area contributed by atoms with E-state index in [1.54, 1.807) is 13.8 Å². The Kier molecular flexibility index (Phi) is 5.48. The third-order valence-electron chi connectivity index (χ3n) is 6.93. The molecule has 8 nitrogen and oxygen atoms in total. The van der Waals surface area contributed by atoms with Gasteiger partial charge in [-0.05, 0) is 76.5 Å². The molecule has 2 N–H and O–H groups in total. The van der Waals surface area contributed by atoms with E-state index >= 15 is 0 Å². The average molecular weight is 415 g/mol. The molecule has 1 aromatic rings. The van der Waals surface area contributed by atoms with Crippen molar-refractivity contribution < 1.29 is 14.3 Å². The number of nitriles is 1. The SMILES string of the molecule is CC(C)(C#N)COc1cc(OCC(=O)NC23CC4CCC2CCC(C4)C3)nc(=O)[nH]1. The van der Waals surface area contributed by atoms with Crippen molar-refractivity contribution in [2.75, 3.05) is 13.2 Å². The van der Waals surface area contributed by atoms with Crippen LogP contribution >= 0.6 is 0 Å². The lowest BCUT2D eigenvalue weighted by atomic mass is 9.53. The van der Waals surface area contributed by atoms with Crippen LogP contribution in [0.4, 0.5) is 0 Å². The van der Waals surface area contributed by atoms with Gasteiger partial charge in [-0.25, -0.2) is 4.79 Å². The number of hydrogen-bond acceptors (Lipinski definition) is 6. The minimum absolute atomic E-state index is 0.0304. The summed E-state index contributed by atoms with van der Waals surface area (Å²) in [5.41, 5.74) is -1.41. The number of hydrogen-bond donors (Lipinski definition) is 2. The summed E-state index contributed by atoms with van der Waals surface area (Å²) in [4.78, 5) is 30.7. The maximum absolute atomic E-state index is 12.7. The predicted octanol–water partition coefficient (Wildman–Crippen LogP) is 2.55. The molecular weight excluding hydrogens is 384 g/mol. The van der Waals surface area contributed by atoms with Gasteiger partial charge in [-0.15, -0.1) is 0 Å². The molecule has 2 atom stereocenters. The van der Waals surface area contributed by atoms with Crippen LogP contribution in [0.25, 0.3) is 0 Å². The van der Waals surface area contributed by atoms with Crippen molar-refractivity contribution in [3.05, 3.63) is 16.6 Å². The number of aromatic amines is 1. The van der Waals surface area contributed by atoms with Gasteiger partial charge in [0.2, 0.25) is 5.88 Å². The van der Waals surface area contributed by atoms with E-state index in [0.29, 0.717) is 5.92 Å². The zero-order valence-electron chi connectivity index (χ0n) is 17.7. The Morgan fingerprint density at radius 1 is 1.30 bits per heavy atom. The first-order valence-electron chi connectivity index (χ1n) is 10.9. The van der Waals surface area contributed by atoms with Gasteiger partial charge in [0, 0.05) is 5.54 Å². The molecular formula is C22H30N4O4. The minimum atomic E-state index is -0.697. The van der Waals surface area contributed by atoms with Gasteiger partial charge < -0.3 is 14.8 Å². The van der Waals surface area contributed by atoms with Gasteiger partial charge in [0.1, 0.15) is 6.61 Å². The molecule has 4 rings (SSSR count). The molecule has 1 heterocycles. The van der Waals surface area contributed by atoms with Crippen molar-refractivity contribution in [1.29, 1.82) is 5.26 Å². The number of nitrogens with zero attached hydrogens (tertiary/aromatic N) is 2. The maximum Gasteiger partial charge on any atom is 0.351 e. The van der Waals surface area contributed by atoms with E-state index in [-0.39, 0.29) is 36.4 Å². The van der Waals surface area contributed by atoms with Gasteiger partial charge in [-0.3, -0.25) is 9.78 Å². The fraction of sp³-hybridized carbons (Fsp3) is 0.727. The van der Waals surface area contributed by atoms with Gasteiger partial charge >= 0.3 is 5.69 Å². The lowest BCUT2D eigenvalue weighted by molar-refractivity contribution is -0.129. The Morgan fingerprint density at radius 2 is 2.00 bits per heavy atom. The highest BCUT2D eigenvalue weighted by atomic mass is 16.5. The first-order valence-corrected chi connectivity index (χ1v) is 10.9. The molecule has 8 heteroatoms. The molecule has 30 heavy (non-hydrogen) atoms. The summed E-state index contributed by atoms with van der Waals surface area (Å²) in [5.74, 6) is 2.05. The number of nitrogens with one attached hydrogen (secondary N) is 2. The van der Waals surface area contributed by atoms with Crippen LogP contribution in [-0.4, -0.2) is 34.6 Å². The summed E-state index contributed by atoms with van der Waals surface area (Å²) in [6.45, 7) is 3.39. The van der Waals surface area contributed by atoms with E-state index in [1.165, 1.54) is 38.2 Å². The summed E-state index contributed by atoms with van der Waals surface area (Å²) in [7, 11) is 0. The summed E-state index contributed by atoms with van der Waals surface area (Å²) in [6.07, 6.45) is 8.45. The van der Waals surface area contributed by atoms with E-state index in [2.05, 4.69) is 21.4 Å². The van der Waals surface area contributed by atoms with Crippen molar-refractivity contribution in [3.63, 3.8) is 0 Å². The lowest BCUT2D eigenvalue weighted by Gasteiger charge is -2.57. The molecule has 3 bridgehead atoms. The van der Waals surface area contributed by atoms with Gasteiger partial charge in [0.25, 0.3) is 5.91 Å². The smallest absolute Gasteiger partial charge is 0.351 e. The molecule has 3 aliphatic carbocycles. The summed E-state index contributed by atoms with van der Waals surface area (Å²) >= 11 is 0. The monoisotopic (exact) mass is 414 g/mol. The molecule has 2 unspecified atom stereocenters. The molecule has 3 fully saturated rings. The van der Waals surface area contributed by atoms with Crippen LogP contribution in [0.3, 0.4) is 0 Å². The predicted molar refractivity (Wildman–Crippen MR) is 109 cm³/mol. The number of carbonyl (C=O) groups excluding carboxylic acids is 1. The number of rotatable bonds is 7. The van der Waals surface area contributed by atoms with Crippen LogP contribution in [0.15, 0.2) is 10.9 Å². The fourth-order valence-corrected chi connectivity index (χ4v) is 5.61. The molecule has 0 saturated heterocycles. The second-order valence-electron chi connectivity index (χ2n) is 9.89. The molecule has 0 aliphatic heterocycles. The Morgan fingerprint density at radius 3 is 2.67 bits per heavy atom. The highest BCUT2D eigenvalue weighted by Crippen LogP contribution is 2.54. The first-order chi connectivity index (χ1) is 14.3. The quantitative estimate of drug-likeness (QED) is 0.708. The Bertz CT molecular complexity index is 887. The first kappa shape index (κ1) is 20.7. The van der Waals surface area contributed by atoms with Crippen LogP contribution in [-0.2, 0) is 4.79 Å². The topological polar surface area (TPSA) is 117 Å². The van der Waals surface area contributed by atoms with Gasteiger partial charge in [0.15, 0.2) is 12.5 Å². The van der Waals surface area contributed by atoms with Crippen LogP contribution < -0.4 is 20.5 Å². The van der Waals surface area contributed by atoms with Crippen molar-refractivity contribution in [2.24, 2.45) is 23.2 Å². The van der Waals surface area contributed by atoms with Gasteiger partial charge in [-0.1, -0.05) is 0 Å². The fourth-order valence-electron chi connectivity index (χ4n) is 5.61. The highest BCUT2D eigenvalue weighted by molar-refractivity contribution is 5.78. The number of carbonyl (C=O) groups is 1. The molecule has 0 aromatic carbocycles. The van der Waals surface area contributed by atoms with Crippen molar-refractivity contribution >= 4 is 5.91 Å². The molecule has 162 valence electrons. The Balaban J connectivity index is 1.36. The number of fused-ring (bicyclic) bond motifs is 2. The molecule has 1 aromatic heterocycles. The van der Waals surface area contributed by atoms with Gasteiger partial charge in [0.05, 0.1) is 17.6 Å². The zero-order chi connectivity index (χ0) is 21.4. The average Bonchev–Trinajstić information content (AvgIpc) is 2.69. The zero-order valence-corrected chi connectivity index (χ0v) is 17.7. The third-order valence-corrected chi connectivity index (χ3v) is 6.93. The maximum atomic E-state index is 12.7. The third kappa shape index (κ3) is 4.45. The van der Waals surface area contributed by atoms with E-state index in [1.807, 2.05) is 0 Å². The summed E-state index contributed by atoms with van der Waals surface area (Å²) in [6, 6.07) is 3.56. The second-order valence-corrected chi connectivity index (χ2v) is 9.89. The largest absolute Gasteiger partial charge is 0.477 e. The summed E-state index contributed by atoms with van der Waals surface area (Å²) < 4.78 is 11.0. The molecule has 3 saturated carbocycles. The Labute approximate surface area is 176 Å². The lowest BCUT2D eigenvalue weighted by Crippen LogP contribution is -2.62. The van der Waals surface area contributed by atoms with Crippen LogP contribution in [0.2, 0.25) is 0 Å². The number of amides is 1. The minimum Gasteiger partial charge on any atom is -0.477 e. The summed E-state index contributed by atoms with van der Waals surface area (Å²) in [5, 5.41) is 12.4. The molecule has 0 spiro atoms. The second kappa shape index (κ2) is 7.93. The van der Waals surface area contributed by atoms with E-state index in [0.717, 1.165) is 24.7 Å². The molecule has 1 amide bonds. The van der Waals surface area contributed by atoms with Crippen molar-refractivity contribution in [1.82, 2.24) is 15.3 Å². The number of H-pyrrole nitrogens is 1. The normalized spacial score (nSPS) is 29.7. The number of aromatic nitrogens is 2. The van der Waals surface area contributed by atoms with Crippen molar-refractivity contribution in [3.8, 4) is 17.8 Å². The number of ether oxygens (including phenoxy) is 2. The van der Waals surface area contributed by atoms with E-state index < -0.39 is 11.1 Å².